The van der Waals surface area contributed by atoms with E-state index in [-0.39, 0.29) is 0 Å². The summed E-state index contributed by atoms with van der Waals surface area (Å²) in [5.74, 6) is 0. The van der Waals surface area contributed by atoms with E-state index in [1.54, 1.807) is 0 Å². The number of fused-ring (bicyclic) bond motifs is 1. The third-order valence-electron chi connectivity index (χ3n) is 5.94. The highest BCUT2D eigenvalue weighted by Crippen LogP contribution is 2.27. The molecule has 2 heterocycles. The van der Waals surface area contributed by atoms with Crippen molar-refractivity contribution in [3.05, 3.63) is 58.7 Å². The van der Waals surface area contributed by atoms with Gasteiger partial charge in [-0.15, -0.1) is 0 Å². The SMILES string of the molecule is Cc1cccc(N2CCN(C[C@H](O)c3ccc4c(c3)CCN4)CC2)c1C. The number of piperazine rings is 1. The fourth-order valence-electron chi connectivity index (χ4n) is 4.13. The Morgan fingerprint density at radius 1 is 1.08 bits per heavy atom. The molecule has 26 heavy (non-hydrogen) atoms. The molecule has 2 aromatic carbocycles. The van der Waals surface area contributed by atoms with Crippen LogP contribution in [0.4, 0.5) is 11.4 Å². The van der Waals surface area contributed by atoms with Crippen molar-refractivity contribution in [1.82, 2.24) is 4.90 Å². The number of nitrogens with zero attached hydrogens (tertiary/aromatic N) is 2. The van der Waals surface area contributed by atoms with Crippen molar-refractivity contribution in [3.8, 4) is 0 Å². The number of anilines is 2. The highest BCUT2D eigenvalue weighted by Gasteiger charge is 2.22. The Kier molecular flexibility index (Phi) is 4.88. The summed E-state index contributed by atoms with van der Waals surface area (Å²) in [6.45, 7) is 10.1. The number of benzene rings is 2. The van der Waals surface area contributed by atoms with E-state index in [4.69, 9.17) is 0 Å². The number of β-amino-alcohol motifs (C(OH)–C–C–N with tert-alkyl or cyclic N) is 1. The molecule has 0 spiro atoms. The third-order valence-corrected chi connectivity index (χ3v) is 5.94. The summed E-state index contributed by atoms with van der Waals surface area (Å²) in [6, 6.07) is 12.9. The van der Waals surface area contributed by atoms with Crippen LogP contribution in [0.15, 0.2) is 36.4 Å². The maximum atomic E-state index is 10.7. The van der Waals surface area contributed by atoms with E-state index >= 15 is 0 Å². The van der Waals surface area contributed by atoms with Gasteiger partial charge < -0.3 is 15.3 Å². The molecule has 2 aromatic rings. The van der Waals surface area contributed by atoms with Crippen molar-refractivity contribution in [2.24, 2.45) is 0 Å². The molecule has 0 unspecified atom stereocenters. The van der Waals surface area contributed by atoms with Gasteiger partial charge in [0.05, 0.1) is 6.10 Å². The van der Waals surface area contributed by atoms with Gasteiger partial charge in [0.2, 0.25) is 0 Å². The van der Waals surface area contributed by atoms with Gasteiger partial charge in [0.15, 0.2) is 0 Å². The Hall–Kier alpha value is -2.04. The van der Waals surface area contributed by atoms with Crippen LogP contribution in [-0.4, -0.2) is 49.3 Å². The lowest BCUT2D eigenvalue weighted by atomic mass is 10.0. The minimum atomic E-state index is -0.409. The second kappa shape index (κ2) is 7.29. The molecule has 0 aromatic heterocycles. The maximum Gasteiger partial charge on any atom is 0.0917 e. The molecule has 4 heteroatoms. The van der Waals surface area contributed by atoms with E-state index in [0.717, 1.165) is 44.7 Å². The van der Waals surface area contributed by atoms with Crippen LogP contribution in [0.3, 0.4) is 0 Å². The van der Waals surface area contributed by atoms with Gasteiger partial charge in [0, 0.05) is 50.6 Å². The largest absolute Gasteiger partial charge is 0.387 e. The molecular weight excluding hydrogens is 322 g/mol. The van der Waals surface area contributed by atoms with Crippen LogP contribution in [0.1, 0.15) is 28.4 Å². The van der Waals surface area contributed by atoms with Crippen molar-refractivity contribution in [2.75, 3.05) is 49.5 Å². The number of rotatable bonds is 4. The van der Waals surface area contributed by atoms with Gasteiger partial charge in [0.25, 0.3) is 0 Å². The average molecular weight is 351 g/mol. The van der Waals surface area contributed by atoms with Crippen molar-refractivity contribution >= 4 is 11.4 Å². The Labute approximate surface area is 156 Å². The zero-order chi connectivity index (χ0) is 18.1. The summed E-state index contributed by atoms with van der Waals surface area (Å²) in [5, 5.41) is 14.1. The molecule has 4 nitrogen and oxygen atoms in total. The third kappa shape index (κ3) is 3.44. The van der Waals surface area contributed by atoms with Gasteiger partial charge in [-0.1, -0.05) is 24.3 Å². The molecule has 0 aliphatic carbocycles. The van der Waals surface area contributed by atoms with Gasteiger partial charge >= 0.3 is 0 Å². The zero-order valence-electron chi connectivity index (χ0n) is 15.8. The Bertz CT molecular complexity index is 781. The van der Waals surface area contributed by atoms with E-state index < -0.39 is 6.10 Å². The van der Waals surface area contributed by atoms with E-state index in [0.29, 0.717) is 6.54 Å². The van der Waals surface area contributed by atoms with Gasteiger partial charge in [-0.25, -0.2) is 0 Å². The summed E-state index contributed by atoms with van der Waals surface area (Å²) in [7, 11) is 0. The Balaban J connectivity index is 1.35. The van der Waals surface area contributed by atoms with Crippen LogP contribution >= 0.6 is 0 Å². The van der Waals surface area contributed by atoms with E-state index in [1.165, 1.54) is 28.1 Å². The summed E-state index contributed by atoms with van der Waals surface area (Å²) in [6.07, 6.45) is 0.651. The first-order chi connectivity index (χ1) is 12.6. The zero-order valence-corrected chi connectivity index (χ0v) is 15.8. The molecule has 0 bridgehead atoms. The van der Waals surface area contributed by atoms with Crippen molar-refractivity contribution < 1.29 is 5.11 Å². The predicted octanol–water partition coefficient (Wildman–Crippen LogP) is 3.13. The van der Waals surface area contributed by atoms with Crippen molar-refractivity contribution in [2.45, 2.75) is 26.4 Å². The smallest absolute Gasteiger partial charge is 0.0917 e. The number of aliphatic hydroxyl groups is 1. The lowest BCUT2D eigenvalue weighted by molar-refractivity contribution is 0.109. The molecule has 2 aliphatic heterocycles. The first kappa shape index (κ1) is 17.4. The normalized spacial score (nSPS) is 18.5. The molecular formula is C22H29N3O. The summed E-state index contributed by atoms with van der Waals surface area (Å²) < 4.78 is 0. The lowest BCUT2D eigenvalue weighted by Crippen LogP contribution is -2.47. The second-order valence-corrected chi connectivity index (χ2v) is 7.62. The molecule has 4 rings (SSSR count). The molecule has 0 amide bonds. The lowest BCUT2D eigenvalue weighted by Gasteiger charge is -2.37. The van der Waals surface area contributed by atoms with Crippen LogP contribution < -0.4 is 10.2 Å². The van der Waals surface area contributed by atoms with Crippen LogP contribution in [0.2, 0.25) is 0 Å². The molecule has 0 saturated carbocycles. The molecule has 1 fully saturated rings. The first-order valence-electron chi connectivity index (χ1n) is 9.70. The summed E-state index contributed by atoms with van der Waals surface area (Å²) in [5.41, 5.74) is 7.70. The summed E-state index contributed by atoms with van der Waals surface area (Å²) in [4.78, 5) is 4.87. The van der Waals surface area contributed by atoms with Gasteiger partial charge in [0.1, 0.15) is 0 Å². The number of aliphatic hydroxyl groups excluding tert-OH is 1. The minimum absolute atomic E-state index is 0.409. The van der Waals surface area contributed by atoms with Crippen LogP contribution in [0.5, 0.6) is 0 Å². The second-order valence-electron chi connectivity index (χ2n) is 7.62. The van der Waals surface area contributed by atoms with Gasteiger partial charge in [-0.2, -0.15) is 0 Å². The van der Waals surface area contributed by atoms with E-state index in [9.17, 15) is 5.11 Å². The van der Waals surface area contributed by atoms with Crippen molar-refractivity contribution in [1.29, 1.82) is 0 Å². The van der Waals surface area contributed by atoms with E-state index in [1.807, 2.05) is 0 Å². The molecule has 2 N–H and O–H groups in total. The summed E-state index contributed by atoms with van der Waals surface area (Å²) >= 11 is 0. The molecule has 1 saturated heterocycles. The van der Waals surface area contributed by atoms with Gasteiger partial charge in [-0.05, 0) is 54.7 Å². The fourth-order valence-corrected chi connectivity index (χ4v) is 4.13. The first-order valence-corrected chi connectivity index (χ1v) is 9.70. The molecule has 1 atom stereocenters. The quantitative estimate of drug-likeness (QED) is 0.888. The Morgan fingerprint density at radius 2 is 1.88 bits per heavy atom. The number of aryl methyl sites for hydroxylation is 1. The predicted molar refractivity (Wildman–Crippen MR) is 108 cm³/mol. The van der Waals surface area contributed by atoms with Crippen LogP contribution in [0.25, 0.3) is 0 Å². The van der Waals surface area contributed by atoms with Crippen molar-refractivity contribution in [3.63, 3.8) is 0 Å². The molecule has 0 radical (unpaired) electrons. The fraction of sp³-hybridized carbons (Fsp3) is 0.455. The number of hydrogen-bond acceptors (Lipinski definition) is 4. The maximum absolute atomic E-state index is 10.7. The highest BCUT2D eigenvalue weighted by atomic mass is 16.3. The average Bonchev–Trinajstić information content (AvgIpc) is 3.12. The number of nitrogens with one attached hydrogen (secondary N) is 1. The highest BCUT2D eigenvalue weighted by molar-refractivity contribution is 5.57. The van der Waals surface area contributed by atoms with Gasteiger partial charge in [-0.3, -0.25) is 4.90 Å². The Morgan fingerprint density at radius 3 is 2.69 bits per heavy atom. The number of hydrogen-bond donors (Lipinski definition) is 2. The molecule has 138 valence electrons. The van der Waals surface area contributed by atoms with Crippen LogP contribution in [0, 0.1) is 13.8 Å². The van der Waals surface area contributed by atoms with E-state index in [2.05, 4.69) is 65.4 Å². The topological polar surface area (TPSA) is 38.7 Å². The molecule has 2 aliphatic rings. The monoisotopic (exact) mass is 351 g/mol. The standard InChI is InChI=1S/C22H29N3O/c1-16-4-3-5-21(17(16)2)25-12-10-24(11-13-25)15-22(26)19-6-7-20-18(14-19)8-9-23-20/h3-7,14,22-23,26H,8-13,15H2,1-2H3/t22-/m0/s1. The minimum Gasteiger partial charge on any atom is -0.387 e. The van der Waals surface area contributed by atoms with Crippen LogP contribution in [-0.2, 0) is 6.42 Å².